The molecule has 0 saturated heterocycles. The summed E-state index contributed by atoms with van der Waals surface area (Å²) in [5.41, 5.74) is 1.92. The molecule has 1 aromatic carbocycles. The van der Waals surface area contributed by atoms with Gasteiger partial charge in [-0.3, -0.25) is 14.5 Å². The van der Waals surface area contributed by atoms with Crippen molar-refractivity contribution in [2.75, 3.05) is 27.2 Å². The minimum absolute atomic E-state index is 0.0119. The Hall–Kier alpha value is -1.68. The molecule has 116 valence electrons. The van der Waals surface area contributed by atoms with Gasteiger partial charge in [0.05, 0.1) is 12.6 Å². The predicted octanol–water partition coefficient (Wildman–Crippen LogP) is 2.23. The van der Waals surface area contributed by atoms with Crippen LogP contribution in [0.25, 0.3) is 0 Å². The van der Waals surface area contributed by atoms with Gasteiger partial charge in [0.15, 0.2) is 5.78 Å². The fourth-order valence-corrected chi connectivity index (χ4v) is 2.15. The van der Waals surface area contributed by atoms with Crippen molar-refractivity contribution in [3.63, 3.8) is 0 Å². The summed E-state index contributed by atoms with van der Waals surface area (Å²) in [6, 6.07) is 7.42. The second-order valence-corrected chi connectivity index (χ2v) is 5.44. The highest BCUT2D eigenvalue weighted by atomic mass is 16.2. The number of rotatable bonds is 7. The first-order valence-electron chi connectivity index (χ1n) is 7.48. The molecule has 0 fully saturated rings. The zero-order valence-electron chi connectivity index (χ0n) is 13.7. The molecule has 1 rings (SSSR count). The molecule has 1 aromatic rings. The van der Waals surface area contributed by atoms with E-state index in [0.717, 1.165) is 6.42 Å². The summed E-state index contributed by atoms with van der Waals surface area (Å²) in [5, 5.41) is 0. The molecule has 1 amide bonds. The Morgan fingerprint density at radius 2 is 1.67 bits per heavy atom. The van der Waals surface area contributed by atoms with Crippen molar-refractivity contribution in [1.29, 1.82) is 0 Å². The van der Waals surface area contributed by atoms with Gasteiger partial charge in [0.1, 0.15) is 0 Å². The number of aryl methyl sites for hydroxylation is 1. The number of nitrogens with zero attached hydrogens (tertiary/aromatic N) is 2. The van der Waals surface area contributed by atoms with Crippen molar-refractivity contribution < 1.29 is 9.59 Å². The summed E-state index contributed by atoms with van der Waals surface area (Å²) in [4.78, 5) is 27.8. The normalized spacial score (nSPS) is 12.3. The third-order valence-corrected chi connectivity index (χ3v) is 3.82. The van der Waals surface area contributed by atoms with Crippen molar-refractivity contribution in [2.45, 2.75) is 33.2 Å². The van der Waals surface area contributed by atoms with E-state index in [0.29, 0.717) is 12.1 Å². The molecule has 0 aliphatic rings. The molecule has 0 spiro atoms. The summed E-state index contributed by atoms with van der Waals surface area (Å²) >= 11 is 0. The maximum atomic E-state index is 12.5. The zero-order chi connectivity index (χ0) is 16.0. The van der Waals surface area contributed by atoms with Gasteiger partial charge in [-0.05, 0) is 25.5 Å². The van der Waals surface area contributed by atoms with E-state index in [-0.39, 0.29) is 24.3 Å². The van der Waals surface area contributed by atoms with Crippen molar-refractivity contribution in [3.05, 3.63) is 35.4 Å². The van der Waals surface area contributed by atoms with Crippen LogP contribution in [0.15, 0.2) is 24.3 Å². The first-order chi connectivity index (χ1) is 9.90. The smallest absolute Gasteiger partial charge is 0.236 e. The lowest BCUT2D eigenvalue weighted by Gasteiger charge is -2.27. The molecule has 0 bridgehead atoms. The Balaban J connectivity index is 2.80. The lowest BCUT2D eigenvalue weighted by atomic mass is 10.0. The summed E-state index contributed by atoms with van der Waals surface area (Å²) in [7, 11) is 3.46. The summed E-state index contributed by atoms with van der Waals surface area (Å²) in [6.45, 7) is 6.85. The minimum Gasteiger partial charge on any atom is -0.348 e. The standard InChI is InChI=1S/C17H26N2O2/c1-6-14-8-10-15(11-9-14)17(21)13(3)19(7-2)12-16(20)18(4)5/h8-11,13H,6-7,12H2,1-5H3. The van der Waals surface area contributed by atoms with Crippen LogP contribution in [0.4, 0.5) is 0 Å². The fourth-order valence-electron chi connectivity index (χ4n) is 2.15. The molecule has 4 nitrogen and oxygen atoms in total. The van der Waals surface area contributed by atoms with Crippen molar-refractivity contribution in [2.24, 2.45) is 0 Å². The molecule has 0 radical (unpaired) electrons. The van der Waals surface area contributed by atoms with Crippen LogP contribution in [0.3, 0.4) is 0 Å². The molecule has 0 aliphatic heterocycles. The maximum Gasteiger partial charge on any atom is 0.236 e. The van der Waals surface area contributed by atoms with Gasteiger partial charge in [0.2, 0.25) is 5.91 Å². The Labute approximate surface area is 127 Å². The Kier molecular flexibility index (Phi) is 6.56. The average molecular weight is 290 g/mol. The van der Waals surface area contributed by atoms with E-state index >= 15 is 0 Å². The van der Waals surface area contributed by atoms with Crippen molar-refractivity contribution in [1.82, 2.24) is 9.80 Å². The van der Waals surface area contributed by atoms with Gasteiger partial charge in [-0.15, -0.1) is 0 Å². The van der Waals surface area contributed by atoms with Gasteiger partial charge in [0, 0.05) is 19.7 Å². The highest BCUT2D eigenvalue weighted by molar-refractivity contribution is 6.00. The monoisotopic (exact) mass is 290 g/mol. The second-order valence-electron chi connectivity index (χ2n) is 5.44. The molecular formula is C17H26N2O2. The second kappa shape index (κ2) is 7.93. The predicted molar refractivity (Wildman–Crippen MR) is 85.6 cm³/mol. The SMILES string of the molecule is CCc1ccc(C(=O)C(C)N(CC)CC(=O)N(C)C)cc1. The molecule has 1 atom stereocenters. The largest absolute Gasteiger partial charge is 0.348 e. The van der Waals surface area contributed by atoms with E-state index in [1.165, 1.54) is 5.56 Å². The third kappa shape index (κ3) is 4.67. The van der Waals surface area contributed by atoms with E-state index in [4.69, 9.17) is 0 Å². The zero-order valence-corrected chi connectivity index (χ0v) is 13.7. The minimum atomic E-state index is -0.300. The van der Waals surface area contributed by atoms with Crippen LogP contribution in [0.2, 0.25) is 0 Å². The first kappa shape index (κ1) is 17.4. The van der Waals surface area contributed by atoms with Gasteiger partial charge in [-0.25, -0.2) is 0 Å². The van der Waals surface area contributed by atoms with Crippen molar-refractivity contribution >= 4 is 11.7 Å². The quantitative estimate of drug-likeness (QED) is 0.723. The van der Waals surface area contributed by atoms with Gasteiger partial charge >= 0.3 is 0 Å². The number of carbonyl (C=O) groups is 2. The molecular weight excluding hydrogens is 264 g/mol. The van der Waals surface area contributed by atoms with Crippen molar-refractivity contribution in [3.8, 4) is 0 Å². The number of ketones is 1. The Morgan fingerprint density at radius 1 is 1.10 bits per heavy atom. The number of hydrogen-bond donors (Lipinski definition) is 0. The number of likely N-dealkylation sites (N-methyl/N-ethyl adjacent to an activating group) is 2. The van der Waals surface area contributed by atoms with E-state index in [2.05, 4.69) is 6.92 Å². The topological polar surface area (TPSA) is 40.6 Å². The number of carbonyl (C=O) groups excluding carboxylic acids is 2. The van der Waals surface area contributed by atoms with Crippen LogP contribution in [0, 0.1) is 0 Å². The maximum absolute atomic E-state index is 12.5. The van der Waals surface area contributed by atoms with Gasteiger partial charge in [-0.1, -0.05) is 38.1 Å². The van der Waals surface area contributed by atoms with Gasteiger partial charge < -0.3 is 4.90 Å². The fraction of sp³-hybridized carbons (Fsp3) is 0.529. The number of amides is 1. The first-order valence-corrected chi connectivity index (χ1v) is 7.48. The van der Waals surface area contributed by atoms with Crippen LogP contribution in [-0.4, -0.2) is 54.7 Å². The van der Waals surface area contributed by atoms with Gasteiger partial charge in [-0.2, -0.15) is 0 Å². The van der Waals surface area contributed by atoms with E-state index < -0.39 is 0 Å². The van der Waals surface area contributed by atoms with Crippen LogP contribution >= 0.6 is 0 Å². The van der Waals surface area contributed by atoms with Crippen LogP contribution in [0.5, 0.6) is 0 Å². The van der Waals surface area contributed by atoms with Gasteiger partial charge in [0.25, 0.3) is 0 Å². The molecule has 0 aliphatic carbocycles. The van der Waals surface area contributed by atoms with E-state index in [1.807, 2.05) is 43.0 Å². The molecule has 4 heteroatoms. The Morgan fingerprint density at radius 3 is 2.10 bits per heavy atom. The van der Waals surface area contributed by atoms with Crippen LogP contribution < -0.4 is 0 Å². The highest BCUT2D eigenvalue weighted by Gasteiger charge is 2.23. The number of hydrogen-bond acceptors (Lipinski definition) is 3. The average Bonchev–Trinajstić information content (AvgIpc) is 2.50. The molecule has 0 N–H and O–H groups in total. The highest BCUT2D eigenvalue weighted by Crippen LogP contribution is 2.11. The van der Waals surface area contributed by atoms with Crippen LogP contribution in [-0.2, 0) is 11.2 Å². The van der Waals surface area contributed by atoms with E-state index in [1.54, 1.807) is 19.0 Å². The molecule has 1 unspecified atom stereocenters. The molecule has 0 heterocycles. The number of Topliss-reactive ketones (excluding diaryl/α,β-unsaturated/α-hetero) is 1. The molecule has 0 saturated carbocycles. The number of benzene rings is 1. The molecule has 0 aromatic heterocycles. The van der Waals surface area contributed by atoms with E-state index in [9.17, 15) is 9.59 Å². The lowest BCUT2D eigenvalue weighted by Crippen LogP contribution is -2.44. The summed E-state index contributed by atoms with van der Waals surface area (Å²) < 4.78 is 0. The third-order valence-electron chi connectivity index (χ3n) is 3.82. The molecule has 21 heavy (non-hydrogen) atoms. The summed E-state index contributed by atoms with van der Waals surface area (Å²) in [5.74, 6) is 0.0730. The summed E-state index contributed by atoms with van der Waals surface area (Å²) in [6.07, 6.45) is 0.961. The lowest BCUT2D eigenvalue weighted by molar-refractivity contribution is -0.130. The Bertz CT molecular complexity index is 480. The van der Waals surface area contributed by atoms with Crippen LogP contribution in [0.1, 0.15) is 36.7 Å².